The molecule has 0 spiro atoms. The third-order valence-electron chi connectivity index (χ3n) is 3.51. The number of pyridine rings is 1. The smallest absolute Gasteiger partial charge is 0.356 e. The summed E-state index contributed by atoms with van der Waals surface area (Å²) in [7, 11) is 1.36. The normalized spacial score (nSPS) is 14.4. The molecule has 2 rings (SSSR count). The van der Waals surface area contributed by atoms with E-state index in [0.717, 1.165) is 18.8 Å². The summed E-state index contributed by atoms with van der Waals surface area (Å²) < 4.78 is 4.72. The van der Waals surface area contributed by atoms with Crippen LogP contribution in [0.3, 0.4) is 0 Å². The minimum absolute atomic E-state index is 0.312. The summed E-state index contributed by atoms with van der Waals surface area (Å²) in [6.45, 7) is 5.32. The van der Waals surface area contributed by atoms with E-state index in [-0.39, 0.29) is 0 Å². The fourth-order valence-corrected chi connectivity index (χ4v) is 2.15. The Morgan fingerprint density at radius 2 is 2.20 bits per heavy atom. The number of hydrogen-bond donors (Lipinski definition) is 1. The highest BCUT2D eigenvalue weighted by molar-refractivity contribution is 5.88. The van der Waals surface area contributed by atoms with Gasteiger partial charge in [0, 0.05) is 12.6 Å². The molecule has 1 heterocycles. The minimum atomic E-state index is -0.425. The van der Waals surface area contributed by atoms with Crippen LogP contribution in [0.1, 0.15) is 43.6 Å². The molecular formula is C15H23N3O2. The van der Waals surface area contributed by atoms with Crippen LogP contribution < -0.4 is 10.6 Å². The number of rotatable bonds is 6. The van der Waals surface area contributed by atoms with E-state index < -0.39 is 5.97 Å². The van der Waals surface area contributed by atoms with E-state index in [2.05, 4.69) is 23.7 Å². The number of methoxy groups -OCH3 is 1. The van der Waals surface area contributed by atoms with Gasteiger partial charge in [-0.15, -0.1) is 0 Å². The molecule has 1 aromatic heterocycles. The molecular weight excluding hydrogens is 254 g/mol. The number of aromatic nitrogens is 1. The molecule has 1 aliphatic rings. The third kappa shape index (κ3) is 3.40. The lowest BCUT2D eigenvalue weighted by atomic mass is 10.1. The Hall–Kier alpha value is -1.78. The molecule has 0 radical (unpaired) electrons. The lowest BCUT2D eigenvalue weighted by Gasteiger charge is -2.26. The quantitative estimate of drug-likeness (QED) is 0.809. The van der Waals surface area contributed by atoms with Gasteiger partial charge in [-0.3, -0.25) is 0 Å². The second-order valence-electron chi connectivity index (χ2n) is 5.71. The molecule has 1 saturated carbocycles. The van der Waals surface area contributed by atoms with Crippen molar-refractivity contribution in [1.29, 1.82) is 0 Å². The Kier molecular flexibility index (Phi) is 4.47. The predicted octanol–water partition coefficient (Wildman–Crippen LogP) is 2.47. The van der Waals surface area contributed by atoms with Crippen molar-refractivity contribution in [2.75, 3.05) is 24.3 Å². The number of nitrogen functional groups attached to an aromatic ring is 1. The van der Waals surface area contributed by atoms with Crippen LogP contribution >= 0.6 is 0 Å². The van der Waals surface area contributed by atoms with Crippen LogP contribution in [0.15, 0.2) is 12.1 Å². The van der Waals surface area contributed by atoms with Crippen LogP contribution in [0.25, 0.3) is 0 Å². The zero-order valence-corrected chi connectivity index (χ0v) is 12.4. The molecule has 5 nitrogen and oxygen atoms in total. The SMILES string of the molecule is COC(=O)c1ccc(N)c(N(CCC(C)C)C2CC2)n1. The highest BCUT2D eigenvalue weighted by Gasteiger charge is 2.31. The van der Waals surface area contributed by atoms with Crippen LogP contribution in [0.2, 0.25) is 0 Å². The van der Waals surface area contributed by atoms with Crippen LogP contribution in [0.4, 0.5) is 11.5 Å². The number of carbonyl (C=O) groups excluding carboxylic acids is 1. The highest BCUT2D eigenvalue weighted by atomic mass is 16.5. The lowest BCUT2D eigenvalue weighted by Crippen LogP contribution is -2.30. The van der Waals surface area contributed by atoms with Crippen molar-refractivity contribution >= 4 is 17.5 Å². The Bertz CT molecular complexity index is 484. The first-order valence-electron chi connectivity index (χ1n) is 7.14. The number of carbonyl (C=O) groups is 1. The van der Waals surface area contributed by atoms with Crippen molar-refractivity contribution in [3.8, 4) is 0 Å². The zero-order chi connectivity index (χ0) is 14.7. The van der Waals surface area contributed by atoms with Gasteiger partial charge in [0.1, 0.15) is 0 Å². The molecule has 0 aromatic carbocycles. The number of hydrogen-bond acceptors (Lipinski definition) is 5. The Labute approximate surface area is 120 Å². The van der Waals surface area contributed by atoms with Crippen molar-refractivity contribution in [2.24, 2.45) is 5.92 Å². The Balaban J connectivity index is 2.24. The molecule has 0 saturated heterocycles. The van der Waals surface area contributed by atoms with Crippen molar-refractivity contribution < 1.29 is 9.53 Å². The molecule has 0 bridgehead atoms. The number of nitrogens with zero attached hydrogens (tertiary/aromatic N) is 2. The van der Waals surface area contributed by atoms with Gasteiger partial charge in [0.2, 0.25) is 0 Å². The van der Waals surface area contributed by atoms with Gasteiger partial charge in [0.15, 0.2) is 11.5 Å². The van der Waals surface area contributed by atoms with E-state index in [4.69, 9.17) is 10.5 Å². The van der Waals surface area contributed by atoms with Gasteiger partial charge in [-0.2, -0.15) is 0 Å². The summed E-state index contributed by atoms with van der Waals surface area (Å²) in [4.78, 5) is 18.3. The summed E-state index contributed by atoms with van der Waals surface area (Å²) in [5.41, 5.74) is 6.98. The summed E-state index contributed by atoms with van der Waals surface area (Å²) in [6.07, 6.45) is 3.42. The molecule has 20 heavy (non-hydrogen) atoms. The highest BCUT2D eigenvalue weighted by Crippen LogP contribution is 2.34. The molecule has 0 unspecified atom stereocenters. The van der Waals surface area contributed by atoms with E-state index in [0.29, 0.717) is 23.3 Å². The van der Waals surface area contributed by atoms with Gasteiger partial charge in [-0.05, 0) is 37.3 Å². The lowest BCUT2D eigenvalue weighted by molar-refractivity contribution is 0.0594. The van der Waals surface area contributed by atoms with Gasteiger partial charge in [-0.25, -0.2) is 9.78 Å². The van der Waals surface area contributed by atoms with Crippen LogP contribution in [-0.4, -0.2) is 30.6 Å². The molecule has 1 aromatic rings. The summed E-state index contributed by atoms with van der Waals surface area (Å²) in [5.74, 6) is 0.920. The molecule has 0 amide bonds. The maximum Gasteiger partial charge on any atom is 0.356 e. The topological polar surface area (TPSA) is 68.5 Å². The molecule has 1 aliphatic carbocycles. The number of nitrogens with two attached hydrogens (primary N) is 1. The molecule has 5 heteroatoms. The molecule has 0 aliphatic heterocycles. The van der Waals surface area contributed by atoms with Crippen molar-refractivity contribution in [2.45, 2.75) is 39.2 Å². The summed E-state index contributed by atoms with van der Waals surface area (Å²) in [6, 6.07) is 3.86. The third-order valence-corrected chi connectivity index (χ3v) is 3.51. The first-order chi connectivity index (χ1) is 9.52. The minimum Gasteiger partial charge on any atom is -0.464 e. The van der Waals surface area contributed by atoms with Gasteiger partial charge < -0.3 is 15.4 Å². The fraction of sp³-hybridized carbons (Fsp3) is 0.600. The number of ether oxygens (including phenoxy) is 1. The van der Waals surface area contributed by atoms with Gasteiger partial charge in [-0.1, -0.05) is 13.8 Å². The molecule has 1 fully saturated rings. The first-order valence-corrected chi connectivity index (χ1v) is 7.14. The first kappa shape index (κ1) is 14.6. The maximum atomic E-state index is 11.6. The molecule has 0 atom stereocenters. The van der Waals surface area contributed by atoms with E-state index in [9.17, 15) is 4.79 Å². The maximum absolute atomic E-state index is 11.6. The second-order valence-corrected chi connectivity index (χ2v) is 5.71. The van der Waals surface area contributed by atoms with E-state index in [1.807, 2.05) is 0 Å². The van der Waals surface area contributed by atoms with E-state index >= 15 is 0 Å². The van der Waals surface area contributed by atoms with Gasteiger partial charge >= 0.3 is 5.97 Å². The van der Waals surface area contributed by atoms with Crippen molar-refractivity contribution in [3.05, 3.63) is 17.8 Å². The zero-order valence-electron chi connectivity index (χ0n) is 12.4. The average Bonchev–Trinajstić information content (AvgIpc) is 3.24. The fourth-order valence-electron chi connectivity index (χ4n) is 2.15. The van der Waals surface area contributed by atoms with Crippen LogP contribution in [0.5, 0.6) is 0 Å². The number of esters is 1. The van der Waals surface area contributed by atoms with E-state index in [1.165, 1.54) is 20.0 Å². The van der Waals surface area contributed by atoms with E-state index in [1.54, 1.807) is 12.1 Å². The van der Waals surface area contributed by atoms with Crippen LogP contribution in [0, 0.1) is 5.92 Å². The van der Waals surface area contributed by atoms with Gasteiger partial charge in [0.25, 0.3) is 0 Å². The standard InChI is InChI=1S/C15H23N3O2/c1-10(2)8-9-18(11-4-5-11)14-12(16)6-7-13(17-14)15(19)20-3/h6-7,10-11H,4-5,8-9,16H2,1-3H3. The average molecular weight is 277 g/mol. The summed E-state index contributed by atoms with van der Waals surface area (Å²) in [5, 5.41) is 0. The molecule has 2 N–H and O–H groups in total. The van der Waals surface area contributed by atoms with Crippen molar-refractivity contribution in [3.63, 3.8) is 0 Å². The summed E-state index contributed by atoms with van der Waals surface area (Å²) >= 11 is 0. The Morgan fingerprint density at radius 1 is 1.50 bits per heavy atom. The molecule has 110 valence electrons. The largest absolute Gasteiger partial charge is 0.464 e. The monoisotopic (exact) mass is 277 g/mol. The second kappa shape index (κ2) is 6.11. The van der Waals surface area contributed by atoms with Crippen molar-refractivity contribution in [1.82, 2.24) is 4.98 Å². The number of anilines is 2. The van der Waals surface area contributed by atoms with Gasteiger partial charge in [0.05, 0.1) is 12.8 Å². The Morgan fingerprint density at radius 3 is 2.75 bits per heavy atom. The van der Waals surface area contributed by atoms with Crippen LogP contribution in [-0.2, 0) is 4.74 Å². The predicted molar refractivity (Wildman–Crippen MR) is 79.8 cm³/mol.